The molecule has 2 saturated heterocycles. The highest BCUT2D eigenvalue weighted by Crippen LogP contribution is 2.13. The van der Waals surface area contributed by atoms with Crippen molar-refractivity contribution in [1.82, 2.24) is 15.1 Å². The van der Waals surface area contributed by atoms with Crippen LogP contribution in [0, 0.1) is 0 Å². The molecule has 5 nitrogen and oxygen atoms in total. The first kappa shape index (κ1) is 14.8. The Morgan fingerprint density at radius 1 is 1.32 bits per heavy atom. The molecule has 0 bridgehead atoms. The summed E-state index contributed by atoms with van der Waals surface area (Å²) >= 11 is 0. The van der Waals surface area contributed by atoms with Crippen LogP contribution in [0.1, 0.15) is 25.7 Å². The first-order valence-electron chi connectivity index (χ1n) is 7.41. The molecule has 1 N–H and O–H groups in total. The smallest absolute Gasteiger partial charge is 0.234 e. The SMILES string of the molecule is CN(C)C1CCCN(CC(=O)NC2CCOCC2)C1. The van der Waals surface area contributed by atoms with Crippen LogP contribution in [0.4, 0.5) is 0 Å². The summed E-state index contributed by atoms with van der Waals surface area (Å²) in [4.78, 5) is 16.6. The number of likely N-dealkylation sites (N-methyl/N-ethyl adjacent to an activating group) is 1. The highest BCUT2D eigenvalue weighted by Gasteiger charge is 2.24. The average molecular weight is 269 g/mol. The quantitative estimate of drug-likeness (QED) is 0.798. The molecule has 0 aromatic rings. The van der Waals surface area contributed by atoms with Gasteiger partial charge in [0.05, 0.1) is 6.54 Å². The topological polar surface area (TPSA) is 44.8 Å². The molecular weight excluding hydrogens is 242 g/mol. The lowest BCUT2D eigenvalue weighted by Crippen LogP contribution is -2.50. The fourth-order valence-corrected chi connectivity index (χ4v) is 2.91. The van der Waals surface area contributed by atoms with E-state index in [1.54, 1.807) is 0 Å². The van der Waals surface area contributed by atoms with E-state index in [0.29, 0.717) is 18.6 Å². The predicted molar refractivity (Wildman–Crippen MR) is 75.1 cm³/mol. The number of ether oxygens (including phenoxy) is 1. The highest BCUT2D eigenvalue weighted by atomic mass is 16.5. The largest absolute Gasteiger partial charge is 0.381 e. The van der Waals surface area contributed by atoms with Crippen molar-refractivity contribution in [2.75, 3.05) is 46.9 Å². The van der Waals surface area contributed by atoms with Gasteiger partial charge in [-0.2, -0.15) is 0 Å². The maximum absolute atomic E-state index is 12.0. The number of piperidine rings is 1. The number of nitrogens with zero attached hydrogens (tertiary/aromatic N) is 2. The van der Waals surface area contributed by atoms with Gasteiger partial charge in [-0.15, -0.1) is 0 Å². The van der Waals surface area contributed by atoms with Crippen LogP contribution >= 0.6 is 0 Å². The Kier molecular flexibility index (Phi) is 5.60. The summed E-state index contributed by atoms with van der Waals surface area (Å²) in [5, 5.41) is 3.14. The van der Waals surface area contributed by atoms with Gasteiger partial charge < -0.3 is 15.0 Å². The van der Waals surface area contributed by atoms with Gasteiger partial charge in [0.25, 0.3) is 0 Å². The first-order chi connectivity index (χ1) is 9.15. The summed E-state index contributed by atoms with van der Waals surface area (Å²) in [6.07, 6.45) is 4.33. The standard InChI is InChI=1S/C14H27N3O2/c1-16(2)13-4-3-7-17(10-13)11-14(18)15-12-5-8-19-9-6-12/h12-13H,3-11H2,1-2H3,(H,15,18). The zero-order chi connectivity index (χ0) is 13.7. The molecule has 2 fully saturated rings. The van der Waals surface area contributed by atoms with Gasteiger partial charge in [-0.1, -0.05) is 0 Å². The third-order valence-corrected chi connectivity index (χ3v) is 4.16. The van der Waals surface area contributed by atoms with Crippen molar-refractivity contribution < 1.29 is 9.53 Å². The Labute approximate surface area is 116 Å². The molecule has 0 aromatic heterocycles. The lowest BCUT2D eigenvalue weighted by molar-refractivity contribution is -0.124. The molecule has 2 heterocycles. The number of carbonyl (C=O) groups excluding carboxylic acids is 1. The Hall–Kier alpha value is -0.650. The molecule has 0 aromatic carbocycles. The van der Waals surface area contributed by atoms with E-state index >= 15 is 0 Å². The van der Waals surface area contributed by atoms with Gasteiger partial charge in [0.15, 0.2) is 0 Å². The fraction of sp³-hybridized carbons (Fsp3) is 0.929. The summed E-state index contributed by atoms with van der Waals surface area (Å²) < 4.78 is 5.30. The number of hydrogen-bond donors (Lipinski definition) is 1. The molecular formula is C14H27N3O2. The Balaban J connectivity index is 1.72. The average Bonchev–Trinajstić information content (AvgIpc) is 2.40. The molecule has 2 aliphatic heterocycles. The molecule has 19 heavy (non-hydrogen) atoms. The lowest BCUT2D eigenvalue weighted by atomic mass is 10.0. The summed E-state index contributed by atoms with van der Waals surface area (Å²) in [5.74, 6) is 0.173. The first-order valence-corrected chi connectivity index (χ1v) is 7.41. The maximum Gasteiger partial charge on any atom is 0.234 e. The minimum atomic E-state index is 0.173. The second kappa shape index (κ2) is 7.22. The Morgan fingerprint density at radius 3 is 2.74 bits per heavy atom. The molecule has 110 valence electrons. The minimum Gasteiger partial charge on any atom is -0.381 e. The van der Waals surface area contributed by atoms with E-state index in [4.69, 9.17) is 4.74 Å². The number of rotatable bonds is 4. The van der Waals surface area contributed by atoms with Crippen LogP contribution in [-0.2, 0) is 9.53 Å². The van der Waals surface area contributed by atoms with Crippen LogP contribution in [0.2, 0.25) is 0 Å². The normalized spacial score (nSPS) is 26.6. The van der Waals surface area contributed by atoms with E-state index < -0.39 is 0 Å². The summed E-state index contributed by atoms with van der Waals surface area (Å²) in [5.41, 5.74) is 0. The van der Waals surface area contributed by atoms with Crippen LogP contribution in [0.15, 0.2) is 0 Å². The zero-order valence-electron chi connectivity index (χ0n) is 12.2. The van der Waals surface area contributed by atoms with Crippen molar-refractivity contribution >= 4 is 5.91 Å². The van der Waals surface area contributed by atoms with Crippen LogP contribution in [0.3, 0.4) is 0 Å². The van der Waals surface area contributed by atoms with E-state index in [1.165, 1.54) is 12.8 Å². The van der Waals surface area contributed by atoms with Crippen LogP contribution in [0.5, 0.6) is 0 Å². The van der Waals surface area contributed by atoms with E-state index in [0.717, 1.165) is 39.1 Å². The summed E-state index contributed by atoms with van der Waals surface area (Å²) in [6, 6.07) is 0.903. The predicted octanol–water partition coefficient (Wildman–Crippen LogP) is 0.308. The zero-order valence-corrected chi connectivity index (χ0v) is 12.2. The molecule has 1 atom stereocenters. The van der Waals surface area contributed by atoms with Gasteiger partial charge in [-0.05, 0) is 46.3 Å². The van der Waals surface area contributed by atoms with Gasteiger partial charge in [-0.25, -0.2) is 0 Å². The van der Waals surface area contributed by atoms with E-state index in [1.807, 2.05) is 0 Å². The monoisotopic (exact) mass is 269 g/mol. The summed E-state index contributed by atoms with van der Waals surface area (Å²) in [7, 11) is 4.24. The molecule has 1 amide bonds. The number of likely N-dealkylation sites (tertiary alicyclic amines) is 1. The van der Waals surface area contributed by atoms with E-state index in [9.17, 15) is 4.79 Å². The van der Waals surface area contributed by atoms with Crippen molar-refractivity contribution in [2.24, 2.45) is 0 Å². The second-order valence-corrected chi connectivity index (χ2v) is 5.95. The van der Waals surface area contributed by atoms with Gasteiger partial charge >= 0.3 is 0 Å². The van der Waals surface area contributed by atoms with E-state index in [2.05, 4.69) is 29.2 Å². The third kappa shape index (κ3) is 4.75. The third-order valence-electron chi connectivity index (χ3n) is 4.16. The number of hydrogen-bond acceptors (Lipinski definition) is 4. The van der Waals surface area contributed by atoms with Crippen molar-refractivity contribution in [1.29, 1.82) is 0 Å². The van der Waals surface area contributed by atoms with Crippen molar-refractivity contribution in [2.45, 2.75) is 37.8 Å². The number of carbonyl (C=O) groups is 1. The molecule has 0 saturated carbocycles. The van der Waals surface area contributed by atoms with Gasteiger partial charge in [-0.3, -0.25) is 9.69 Å². The molecule has 0 spiro atoms. The lowest BCUT2D eigenvalue weighted by Gasteiger charge is -2.36. The Bertz CT molecular complexity index is 290. The molecule has 0 aliphatic carbocycles. The summed E-state index contributed by atoms with van der Waals surface area (Å²) in [6.45, 7) is 4.15. The second-order valence-electron chi connectivity index (χ2n) is 5.95. The van der Waals surface area contributed by atoms with Gasteiger partial charge in [0, 0.05) is 31.8 Å². The van der Waals surface area contributed by atoms with Crippen molar-refractivity contribution in [3.8, 4) is 0 Å². The highest BCUT2D eigenvalue weighted by molar-refractivity contribution is 5.78. The minimum absolute atomic E-state index is 0.173. The molecule has 0 radical (unpaired) electrons. The molecule has 2 aliphatic rings. The van der Waals surface area contributed by atoms with Crippen LogP contribution in [0.25, 0.3) is 0 Å². The van der Waals surface area contributed by atoms with Crippen LogP contribution in [-0.4, -0.2) is 74.7 Å². The van der Waals surface area contributed by atoms with Gasteiger partial charge in [0.2, 0.25) is 5.91 Å². The van der Waals surface area contributed by atoms with Crippen molar-refractivity contribution in [3.63, 3.8) is 0 Å². The number of amides is 1. The van der Waals surface area contributed by atoms with E-state index in [-0.39, 0.29) is 5.91 Å². The van der Waals surface area contributed by atoms with Gasteiger partial charge in [0.1, 0.15) is 0 Å². The fourth-order valence-electron chi connectivity index (χ4n) is 2.91. The number of nitrogens with one attached hydrogen (secondary N) is 1. The molecule has 1 unspecified atom stereocenters. The van der Waals surface area contributed by atoms with Crippen LogP contribution < -0.4 is 5.32 Å². The maximum atomic E-state index is 12.0. The van der Waals surface area contributed by atoms with Crippen molar-refractivity contribution in [3.05, 3.63) is 0 Å². The molecule has 5 heteroatoms. The molecule has 2 rings (SSSR count). The Morgan fingerprint density at radius 2 is 2.05 bits per heavy atom.